The maximum atomic E-state index is 4.04. The van der Waals surface area contributed by atoms with Gasteiger partial charge in [-0.1, -0.05) is 38.7 Å². The van der Waals surface area contributed by atoms with Crippen LogP contribution in [-0.4, -0.2) is 4.57 Å². The fraction of sp³-hybridized carbons (Fsp3) is 0.375. The first-order chi connectivity index (χ1) is 7.93. The zero-order chi connectivity index (χ0) is 13.6. The molecule has 1 aromatic heterocycles. The predicted molar refractivity (Wildman–Crippen MR) is 80.1 cm³/mol. The maximum absolute atomic E-state index is 4.04. The van der Waals surface area contributed by atoms with Crippen LogP contribution in [0.1, 0.15) is 40.3 Å². The Kier molecular flexibility index (Phi) is 6.34. The summed E-state index contributed by atoms with van der Waals surface area (Å²) in [5.74, 6) is 0. The molecule has 1 heterocycles. The monoisotopic (exact) mass is 231 g/mol. The van der Waals surface area contributed by atoms with Crippen LogP contribution in [0.4, 0.5) is 0 Å². The van der Waals surface area contributed by atoms with E-state index in [0.29, 0.717) is 0 Å². The second kappa shape index (κ2) is 6.95. The van der Waals surface area contributed by atoms with Crippen molar-refractivity contribution in [2.75, 3.05) is 0 Å². The van der Waals surface area contributed by atoms with Gasteiger partial charge in [-0.15, -0.1) is 0 Å². The van der Waals surface area contributed by atoms with E-state index in [0.717, 1.165) is 21.8 Å². The van der Waals surface area contributed by atoms with E-state index < -0.39 is 0 Å². The largest absolute Gasteiger partial charge is 0.344 e. The minimum atomic E-state index is 1.05. The second-order valence-corrected chi connectivity index (χ2v) is 4.19. The molecule has 0 saturated heterocycles. The van der Waals surface area contributed by atoms with E-state index in [2.05, 4.69) is 49.8 Å². The molecule has 1 nitrogen and oxygen atoms in total. The van der Waals surface area contributed by atoms with E-state index in [1.165, 1.54) is 5.57 Å². The van der Waals surface area contributed by atoms with Crippen LogP contribution in [0.25, 0.3) is 18.2 Å². The lowest BCUT2D eigenvalue weighted by Crippen LogP contribution is -2.26. The summed E-state index contributed by atoms with van der Waals surface area (Å²) in [6.45, 7) is 18.2. The molecule has 0 aromatic carbocycles. The summed E-state index contributed by atoms with van der Waals surface area (Å²) >= 11 is 0. The van der Waals surface area contributed by atoms with Crippen LogP contribution in [0.15, 0.2) is 24.3 Å². The maximum Gasteiger partial charge on any atom is 0.0476 e. The Hall–Kier alpha value is -1.50. The van der Waals surface area contributed by atoms with Crippen molar-refractivity contribution in [3.05, 3.63) is 40.6 Å². The Morgan fingerprint density at radius 3 is 2.12 bits per heavy atom. The normalized spacial score (nSPS) is 10.6. The second-order valence-electron chi connectivity index (χ2n) is 4.19. The van der Waals surface area contributed by atoms with Crippen molar-refractivity contribution in [1.82, 2.24) is 4.57 Å². The molecular formula is C16H25N. The Morgan fingerprint density at radius 2 is 1.76 bits per heavy atom. The highest BCUT2D eigenvalue weighted by Crippen LogP contribution is 2.05. The summed E-state index contributed by atoms with van der Waals surface area (Å²) in [4.78, 5) is 0. The summed E-state index contributed by atoms with van der Waals surface area (Å²) in [6, 6.07) is 2.08. The molecule has 0 aliphatic heterocycles. The molecule has 0 aliphatic rings. The Labute approximate surface area is 105 Å². The fourth-order valence-corrected chi connectivity index (χ4v) is 1.55. The van der Waals surface area contributed by atoms with Gasteiger partial charge in [-0.2, -0.15) is 0 Å². The third kappa shape index (κ3) is 4.10. The lowest BCUT2D eigenvalue weighted by Gasteiger charge is -2.01. The van der Waals surface area contributed by atoms with Gasteiger partial charge in [-0.3, -0.25) is 0 Å². The molecule has 0 amide bonds. The van der Waals surface area contributed by atoms with Crippen LogP contribution in [0, 0.1) is 0 Å². The van der Waals surface area contributed by atoms with E-state index in [9.17, 15) is 0 Å². The van der Waals surface area contributed by atoms with Crippen LogP contribution in [0.5, 0.6) is 0 Å². The molecule has 0 radical (unpaired) electrons. The van der Waals surface area contributed by atoms with Crippen LogP contribution in [0.3, 0.4) is 0 Å². The minimum Gasteiger partial charge on any atom is -0.344 e. The van der Waals surface area contributed by atoms with Gasteiger partial charge in [0.05, 0.1) is 0 Å². The predicted octanol–water partition coefficient (Wildman–Crippen LogP) is 3.24. The third-order valence-electron chi connectivity index (χ3n) is 2.37. The molecule has 1 aromatic rings. The molecule has 94 valence electrons. The van der Waals surface area contributed by atoms with Gasteiger partial charge in [0.1, 0.15) is 0 Å². The molecule has 0 saturated carbocycles. The van der Waals surface area contributed by atoms with Gasteiger partial charge in [-0.25, -0.2) is 0 Å². The van der Waals surface area contributed by atoms with Crippen molar-refractivity contribution in [2.24, 2.45) is 7.05 Å². The highest BCUT2D eigenvalue weighted by atomic mass is 14.9. The average Bonchev–Trinajstić information content (AvgIpc) is 2.55. The number of aromatic nitrogens is 1. The Bertz CT molecular complexity index is 508. The van der Waals surface area contributed by atoms with Crippen molar-refractivity contribution >= 4 is 18.2 Å². The van der Waals surface area contributed by atoms with Crippen molar-refractivity contribution in [1.29, 1.82) is 0 Å². The van der Waals surface area contributed by atoms with Gasteiger partial charge in [0, 0.05) is 18.1 Å². The van der Waals surface area contributed by atoms with Gasteiger partial charge < -0.3 is 4.57 Å². The molecule has 1 heteroatoms. The molecule has 1 rings (SSSR count). The zero-order valence-corrected chi connectivity index (χ0v) is 12.1. The van der Waals surface area contributed by atoms with Crippen molar-refractivity contribution in [3.63, 3.8) is 0 Å². The molecule has 0 N–H and O–H groups in total. The highest BCUT2D eigenvalue weighted by molar-refractivity contribution is 5.59. The van der Waals surface area contributed by atoms with Gasteiger partial charge >= 0.3 is 0 Å². The Balaban J connectivity index is 0.00000121. The summed E-state index contributed by atoms with van der Waals surface area (Å²) in [5.41, 5.74) is 3.50. The van der Waals surface area contributed by atoms with Crippen LogP contribution in [-0.2, 0) is 7.05 Å². The number of allylic oxidation sites excluding steroid dienone is 3. The fourth-order valence-electron chi connectivity index (χ4n) is 1.55. The van der Waals surface area contributed by atoms with Crippen LogP contribution >= 0.6 is 0 Å². The first-order valence-corrected chi connectivity index (χ1v) is 6.09. The summed E-state index contributed by atoms with van der Waals surface area (Å²) in [6.07, 6.45) is 4.20. The van der Waals surface area contributed by atoms with Crippen LogP contribution in [0.2, 0.25) is 0 Å². The van der Waals surface area contributed by atoms with Gasteiger partial charge in [-0.05, 0) is 43.7 Å². The lowest BCUT2D eigenvalue weighted by atomic mass is 10.2. The molecule has 17 heavy (non-hydrogen) atoms. The number of nitrogens with zero attached hydrogens (tertiary/aromatic N) is 1. The number of rotatable bonds is 2. The molecule has 0 bridgehead atoms. The number of hydrogen-bond acceptors (Lipinski definition) is 0. The molecule has 0 aliphatic carbocycles. The lowest BCUT2D eigenvalue weighted by molar-refractivity contribution is 0.872. The molecule has 0 unspecified atom stereocenters. The third-order valence-corrected chi connectivity index (χ3v) is 2.37. The topological polar surface area (TPSA) is 4.93 Å². The number of hydrogen-bond donors (Lipinski definition) is 0. The van der Waals surface area contributed by atoms with Crippen molar-refractivity contribution in [2.45, 2.75) is 34.6 Å². The Morgan fingerprint density at radius 1 is 1.24 bits per heavy atom. The van der Waals surface area contributed by atoms with E-state index in [4.69, 9.17) is 0 Å². The summed E-state index contributed by atoms with van der Waals surface area (Å²) < 4.78 is 2.13. The molecule has 0 atom stereocenters. The van der Waals surface area contributed by atoms with E-state index >= 15 is 0 Å². The molecular weight excluding hydrogens is 206 g/mol. The standard InChI is InChI=1S/C14H19N.C2H6/c1-10(2)7-8-13-12(5)9-14(11(3)4)15(13)6;1-2/h7-9H,3,5H2,1-2,4,6H3;1-2H3/b13-8+;. The summed E-state index contributed by atoms with van der Waals surface area (Å²) in [5, 5.41) is 2.20. The smallest absolute Gasteiger partial charge is 0.0476 e. The molecule has 0 fully saturated rings. The first kappa shape index (κ1) is 15.5. The van der Waals surface area contributed by atoms with Gasteiger partial charge in [0.2, 0.25) is 0 Å². The summed E-state index contributed by atoms with van der Waals surface area (Å²) in [7, 11) is 2.04. The van der Waals surface area contributed by atoms with E-state index in [1.54, 1.807) is 0 Å². The SMILES string of the molecule is C=C(C)c1cc(=C)/c(=C\C=C(C)C)n1C.CC. The zero-order valence-electron chi connectivity index (χ0n) is 12.1. The first-order valence-electron chi connectivity index (χ1n) is 6.09. The minimum absolute atomic E-state index is 1.05. The average molecular weight is 231 g/mol. The van der Waals surface area contributed by atoms with Gasteiger partial charge in [0.15, 0.2) is 0 Å². The highest BCUT2D eigenvalue weighted by Gasteiger charge is 2.00. The van der Waals surface area contributed by atoms with Crippen molar-refractivity contribution in [3.8, 4) is 0 Å². The molecule has 0 spiro atoms. The van der Waals surface area contributed by atoms with Crippen LogP contribution < -0.4 is 10.6 Å². The van der Waals surface area contributed by atoms with E-state index in [-0.39, 0.29) is 0 Å². The van der Waals surface area contributed by atoms with E-state index in [1.807, 2.05) is 27.8 Å². The quantitative estimate of drug-likeness (QED) is 0.736. The van der Waals surface area contributed by atoms with Gasteiger partial charge in [0.25, 0.3) is 0 Å². The van der Waals surface area contributed by atoms with Crippen molar-refractivity contribution < 1.29 is 0 Å².